The van der Waals surface area contributed by atoms with Gasteiger partial charge in [-0.2, -0.15) is 0 Å². The summed E-state index contributed by atoms with van der Waals surface area (Å²) in [6.07, 6.45) is 3.32. The van der Waals surface area contributed by atoms with E-state index in [0.717, 1.165) is 16.7 Å². The fourth-order valence-corrected chi connectivity index (χ4v) is 5.26. The molecular weight excluding hydrogens is 448 g/mol. The van der Waals surface area contributed by atoms with Gasteiger partial charge in [-0.15, -0.1) is 11.3 Å². The third-order valence-corrected chi connectivity index (χ3v) is 7.50. The first-order chi connectivity index (χ1) is 15.2. The lowest BCUT2D eigenvalue weighted by atomic mass is 10.1. The van der Waals surface area contributed by atoms with E-state index >= 15 is 0 Å². The van der Waals surface area contributed by atoms with Gasteiger partial charge in [0.2, 0.25) is 15.9 Å². The number of nitrogens with zero attached hydrogens (tertiary/aromatic N) is 3. The standard InChI is InChI=1S/C22H28N4O4S2/c1-4-26(32(3,29)30)12-5-11-23-19(27)10-13-25-15-24-21-20(22(25)28)18(14-31-21)17-8-6-16(2)7-9-17/h6-9,14-15H,4-5,10-13H2,1-3H3,(H,23,27). The third kappa shape index (κ3) is 5.81. The fraction of sp³-hybridized carbons (Fsp3) is 0.409. The first-order valence-electron chi connectivity index (χ1n) is 10.5. The Morgan fingerprint density at radius 1 is 1.25 bits per heavy atom. The van der Waals surface area contributed by atoms with Gasteiger partial charge in [-0.1, -0.05) is 36.8 Å². The molecule has 2 heterocycles. The van der Waals surface area contributed by atoms with Crippen molar-refractivity contribution in [2.75, 3.05) is 25.9 Å². The second kappa shape index (κ2) is 10.4. The number of fused-ring (bicyclic) bond motifs is 1. The molecule has 0 aliphatic heterocycles. The smallest absolute Gasteiger partial charge is 0.262 e. The minimum absolute atomic E-state index is 0.140. The van der Waals surface area contributed by atoms with Crippen molar-refractivity contribution in [1.82, 2.24) is 19.2 Å². The summed E-state index contributed by atoms with van der Waals surface area (Å²) in [5, 5.41) is 5.30. The average Bonchev–Trinajstić information content (AvgIpc) is 3.18. The van der Waals surface area contributed by atoms with E-state index in [4.69, 9.17) is 0 Å². The van der Waals surface area contributed by atoms with Gasteiger partial charge in [0, 0.05) is 43.5 Å². The van der Waals surface area contributed by atoms with Crippen LogP contribution in [0, 0.1) is 6.92 Å². The van der Waals surface area contributed by atoms with Crippen LogP contribution in [0.4, 0.5) is 0 Å². The molecule has 0 bridgehead atoms. The molecule has 3 aromatic rings. The molecule has 8 nitrogen and oxygen atoms in total. The lowest BCUT2D eigenvalue weighted by Crippen LogP contribution is -2.34. The van der Waals surface area contributed by atoms with E-state index in [1.165, 1.54) is 32.8 Å². The highest BCUT2D eigenvalue weighted by Crippen LogP contribution is 2.30. The number of aryl methyl sites for hydroxylation is 2. The second-order valence-corrected chi connectivity index (χ2v) is 10.5. The van der Waals surface area contributed by atoms with Gasteiger partial charge in [0.1, 0.15) is 4.83 Å². The minimum atomic E-state index is -3.23. The van der Waals surface area contributed by atoms with Crippen molar-refractivity contribution in [1.29, 1.82) is 0 Å². The van der Waals surface area contributed by atoms with Crippen LogP contribution in [0.1, 0.15) is 25.3 Å². The Balaban J connectivity index is 1.61. The zero-order valence-electron chi connectivity index (χ0n) is 18.5. The predicted molar refractivity (Wildman–Crippen MR) is 128 cm³/mol. The van der Waals surface area contributed by atoms with Gasteiger partial charge in [-0.3, -0.25) is 14.2 Å². The molecule has 0 radical (unpaired) electrons. The van der Waals surface area contributed by atoms with E-state index in [1.807, 2.05) is 36.6 Å². The van der Waals surface area contributed by atoms with Crippen LogP contribution in [0.15, 0.2) is 40.8 Å². The monoisotopic (exact) mass is 476 g/mol. The average molecular weight is 477 g/mol. The van der Waals surface area contributed by atoms with Crippen LogP contribution in [0.2, 0.25) is 0 Å². The molecule has 1 amide bonds. The summed E-state index contributed by atoms with van der Waals surface area (Å²) in [6, 6.07) is 8.00. The Morgan fingerprint density at radius 2 is 1.97 bits per heavy atom. The Bertz CT molecular complexity index is 1250. The summed E-state index contributed by atoms with van der Waals surface area (Å²) >= 11 is 1.43. The van der Waals surface area contributed by atoms with Gasteiger partial charge < -0.3 is 5.32 Å². The van der Waals surface area contributed by atoms with Crippen LogP contribution >= 0.6 is 11.3 Å². The van der Waals surface area contributed by atoms with Gasteiger partial charge in [0.05, 0.1) is 18.0 Å². The number of amides is 1. The number of carbonyl (C=O) groups excluding carboxylic acids is 1. The Labute approximate surface area is 192 Å². The Hall–Kier alpha value is -2.56. The normalized spacial score (nSPS) is 11.9. The highest BCUT2D eigenvalue weighted by atomic mass is 32.2. The first-order valence-corrected chi connectivity index (χ1v) is 13.2. The molecular formula is C22H28N4O4S2. The summed E-state index contributed by atoms with van der Waals surface area (Å²) in [6.45, 7) is 5.15. The Morgan fingerprint density at radius 3 is 2.62 bits per heavy atom. The van der Waals surface area contributed by atoms with Crippen LogP contribution in [-0.2, 0) is 21.4 Å². The van der Waals surface area contributed by atoms with Crippen molar-refractivity contribution >= 4 is 37.5 Å². The lowest BCUT2D eigenvalue weighted by Gasteiger charge is -2.17. The second-order valence-electron chi connectivity index (χ2n) is 7.65. The first kappa shape index (κ1) is 24.1. The van der Waals surface area contributed by atoms with Crippen molar-refractivity contribution in [3.05, 3.63) is 51.9 Å². The molecule has 0 fully saturated rings. The number of sulfonamides is 1. The van der Waals surface area contributed by atoms with E-state index < -0.39 is 10.0 Å². The van der Waals surface area contributed by atoms with Crippen molar-refractivity contribution < 1.29 is 13.2 Å². The third-order valence-electron chi connectivity index (χ3n) is 5.23. The van der Waals surface area contributed by atoms with Crippen LogP contribution in [0.5, 0.6) is 0 Å². The van der Waals surface area contributed by atoms with Crippen molar-refractivity contribution in [3.8, 4) is 11.1 Å². The Kier molecular flexibility index (Phi) is 7.81. The van der Waals surface area contributed by atoms with E-state index in [9.17, 15) is 18.0 Å². The molecule has 2 aromatic heterocycles. The fourth-order valence-electron chi connectivity index (χ4n) is 3.42. The zero-order chi connectivity index (χ0) is 23.3. The van der Waals surface area contributed by atoms with Crippen LogP contribution in [0.3, 0.4) is 0 Å². The molecule has 0 spiro atoms. The molecule has 0 unspecified atom stereocenters. The van der Waals surface area contributed by atoms with Gasteiger partial charge in [0.15, 0.2) is 0 Å². The van der Waals surface area contributed by atoms with Crippen LogP contribution in [-0.4, -0.2) is 54.1 Å². The maximum atomic E-state index is 13.1. The number of nitrogens with one attached hydrogen (secondary N) is 1. The SMILES string of the molecule is CCN(CCCNC(=O)CCn1cnc2scc(-c3ccc(C)cc3)c2c1=O)S(C)(=O)=O. The van der Waals surface area contributed by atoms with Gasteiger partial charge >= 0.3 is 0 Å². The quantitative estimate of drug-likeness (QED) is 0.453. The molecule has 0 saturated carbocycles. The highest BCUT2D eigenvalue weighted by molar-refractivity contribution is 7.88. The summed E-state index contributed by atoms with van der Waals surface area (Å²) in [4.78, 5) is 30.3. The minimum Gasteiger partial charge on any atom is -0.356 e. The van der Waals surface area contributed by atoms with E-state index in [0.29, 0.717) is 36.3 Å². The molecule has 1 aromatic carbocycles. The van der Waals surface area contributed by atoms with Gasteiger partial charge in [0.25, 0.3) is 5.56 Å². The highest BCUT2D eigenvalue weighted by Gasteiger charge is 2.15. The predicted octanol–water partition coefficient (Wildman–Crippen LogP) is 2.61. The summed E-state index contributed by atoms with van der Waals surface area (Å²) < 4.78 is 26.0. The van der Waals surface area contributed by atoms with Crippen molar-refractivity contribution in [2.45, 2.75) is 33.2 Å². The van der Waals surface area contributed by atoms with Gasteiger partial charge in [-0.05, 0) is 18.9 Å². The molecule has 0 aliphatic carbocycles. The number of thiophene rings is 1. The number of benzene rings is 1. The summed E-state index contributed by atoms with van der Waals surface area (Å²) in [7, 11) is -3.23. The number of carbonyl (C=O) groups is 1. The van der Waals surface area contributed by atoms with E-state index in [2.05, 4.69) is 10.3 Å². The number of hydrogen-bond acceptors (Lipinski definition) is 6. The molecule has 172 valence electrons. The zero-order valence-corrected chi connectivity index (χ0v) is 20.1. The molecule has 0 aliphatic rings. The molecule has 3 rings (SSSR count). The van der Waals surface area contributed by atoms with Crippen molar-refractivity contribution in [2.24, 2.45) is 0 Å². The molecule has 0 saturated heterocycles. The number of aromatic nitrogens is 2. The van der Waals surface area contributed by atoms with Crippen LogP contribution < -0.4 is 10.9 Å². The molecule has 32 heavy (non-hydrogen) atoms. The van der Waals surface area contributed by atoms with E-state index in [1.54, 1.807) is 6.92 Å². The number of hydrogen-bond donors (Lipinski definition) is 1. The van der Waals surface area contributed by atoms with Crippen molar-refractivity contribution in [3.63, 3.8) is 0 Å². The summed E-state index contributed by atoms with van der Waals surface area (Å²) in [5.74, 6) is -0.191. The van der Waals surface area contributed by atoms with Crippen LogP contribution in [0.25, 0.3) is 21.3 Å². The largest absolute Gasteiger partial charge is 0.356 e. The molecule has 1 N–H and O–H groups in total. The maximum Gasteiger partial charge on any atom is 0.262 e. The number of rotatable bonds is 10. The molecule has 0 atom stereocenters. The topological polar surface area (TPSA) is 101 Å². The van der Waals surface area contributed by atoms with Gasteiger partial charge in [-0.25, -0.2) is 17.7 Å². The lowest BCUT2D eigenvalue weighted by molar-refractivity contribution is -0.121. The molecule has 10 heteroatoms. The summed E-state index contributed by atoms with van der Waals surface area (Å²) in [5.41, 5.74) is 2.80. The van der Waals surface area contributed by atoms with E-state index in [-0.39, 0.29) is 24.4 Å². The maximum absolute atomic E-state index is 13.1.